The minimum Gasteiger partial charge on any atom is -0.482 e. The Morgan fingerprint density at radius 3 is 2.61 bits per heavy atom. The molecule has 3 aliphatic heterocycles. The zero-order chi connectivity index (χ0) is 23.4. The molecule has 0 unspecified atom stereocenters. The molecule has 180 valence electrons. The standard InChI is InChI=1S/C21H28N4O7S/c26-19(22-6-2-8-23-7-1-3-20(23)27)14-25-17-13-16(4-5-18(17)32-15-21(25)28)33(29,30)24-9-11-31-12-10-24/h4-5,13H,1-3,6-12,14-15H2,(H,22,26). The fraction of sp³-hybridized carbons (Fsp3) is 0.571. The maximum Gasteiger partial charge on any atom is 0.265 e. The normalized spacial score (nSPS) is 19.4. The lowest BCUT2D eigenvalue weighted by atomic mass is 10.2. The van der Waals surface area contributed by atoms with Crippen LogP contribution in [0.15, 0.2) is 23.1 Å². The molecule has 1 N–H and O–H groups in total. The number of amides is 3. The monoisotopic (exact) mass is 480 g/mol. The van der Waals surface area contributed by atoms with Crippen LogP contribution in [0.3, 0.4) is 0 Å². The molecule has 12 heteroatoms. The van der Waals surface area contributed by atoms with Gasteiger partial charge in [-0.05, 0) is 31.0 Å². The first kappa shape index (κ1) is 23.5. The number of nitrogens with zero attached hydrogens (tertiary/aromatic N) is 3. The van der Waals surface area contributed by atoms with Gasteiger partial charge in [-0.3, -0.25) is 19.3 Å². The molecule has 3 heterocycles. The van der Waals surface area contributed by atoms with E-state index in [4.69, 9.17) is 9.47 Å². The maximum absolute atomic E-state index is 13.0. The van der Waals surface area contributed by atoms with Crippen LogP contribution in [-0.2, 0) is 29.1 Å². The summed E-state index contributed by atoms with van der Waals surface area (Å²) in [5.41, 5.74) is 0.249. The number of hydrogen-bond donors (Lipinski definition) is 1. The quantitative estimate of drug-likeness (QED) is 0.500. The molecule has 3 aliphatic rings. The lowest BCUT2D eigenvalue weighted by Crippen LogP contribution is -2.45. The number of rotatable bonds is 8. The number of likely N-dealkylation sites (tertiary alicyclic amines) is 1. The van der Waals surface area contributed by atoms with Crippen molar-refractivity contribution in [3.05, 3.63) is 18.2 Å². The Kier molecular flexibility index (Phi) is 7.15. The first-order chi connectivity index (χ1) is 15.9. The van der Waals surface area contributed by atoms with Crippen molar-refractivity contribution in [1.29, 1.82) is 0 Å². The van der Waals surface area contributed by atoms with E-state index in [1.54, 1.807) is 4.90 Å². The van der Waals surface area contributed by atoms with E-state index in [0.29, 0.717) is 44.9 Å². The Labute approximate surface area is 192 Å². The number of anilines is 1. The number of carbonyl (C=O) groups excluding carboxylic acids is 3. The molecule has 0 spiro atoms. The van der Waals surface area contributed by atoms with Gasteiger partial charge in [-0.1, -0.05) is 0 Å². The molecule has 33 heavy (non-hydrogen) atoms. The van der Waals surface area contributed by atoms with Crippen LogP contribution in [-0.4, -0.2) is 94.4 Å². The summed E-state index contributed by atoms with van der Waals surface area (Å²) in [5.74, 6) is -0.317. The highest BCUT2D eigenvalue weighted by atomic mass is 32.2. The van der Waals surface area contributed by atoms with Gasteiger partial charge in [-0.2, -0.15) is 4.31 Å². The summed E-state index contributed by atoms with van der Waals surface area (Å²) in [6.45, 7) is 2.38. The number of morpholine rings is 1. The maximum atomic E-state index is 13.0. The molecule has 0 saturated carbocycles. The summed E-state index contributed by atoms with van der Waals surface area (Å²) in [6, 6.07) is 4.33. The van der Waals surface area contributed by atoms with Crippen LogP contribution in [0.4, 0.5) is 5.69 Å². The highest BCUT2D eigenvalue weighted by Crippen LogP contribution is 2.35. The first-order valence-electron chi connectivity index (χ1n) is 11.1. The van der Waals surface area contributed by atoms with Crippen LogP contribution in [0.5, 0.6) is 5.75 Å². The van der Waals surface area contributed by atoms with Crippen LogP contribution in [0.25, 0.3) is 0 Å². The summed E-state index contributed by atoms with van der Waals surface area (Å²) in [7, 11) is -3.77. The molecule has 2 fully saturated rings. The van der Waals surface area contributed by atoms with Gasteiger partial charge in [0.2, 0.25) is 21.8 Å². The molecule has 0 bridgehead atoms. The van der Waals surface area contributed by atoms with Gasteiger partial charge in [0.15, 0.2) is 6.61 Å². The lowest BCUT2D eigenvalue weighted by Gasteiger charge is -2.30. The molecule has 1 aromatic carbocycles. The lowest BCUT2D eigenvalue weighted by molar-refractivity contribution is -0.127. The van der Waals surface area contributed by atoms with Crippen LogP contribution in [0.1, 0.15) is 19.3 Å². The molecule has 11 nitrogen and oxygen atoms in total. The van der Waals surface area contributed by atoms with E-state index in [1.165, 1.54) is 27.4 Å². The van der Waals surface area contributed by atoms with E-state index in [2.05, 4.69) is 5.32 Å². The Hall–Kier alpha value is -2.70. The van der Waals surface area contributed by atoms with Crippen molar-refractivity contribution in [3.63, 3.8) is 0 Å². The smallest absolute Gasteiger partial charge is 0.265 e. The van der Waals surface area contributed by atoms with Crippen molar-refractivity contribution in [2.45, 2.75) is 24.2 Å². The van der Waals surface area contributed by atoms with Crippen LogP contribution >= 0.6 is 0 Å². The zero-order valence-electron chi connectivity index (χ0n) is 18.3. The number of benzene rings is 1. The minimum atomic E-state index is -3.77. The van der Waals surface area contributed by atoms with Gasteiger partial charge in [0.1, 0.15) is 12.3 Å². The predicted molar refractivity (Wildman–Crippen MR) is 117 cm³/mol. The van der Waals surface area contributed by atoms with Crippen molar-refractivity contribution in [3.8, 4) is 5.75 Å². The summed E-state index contributed by atoms with van der Waals surface area (Å²) >= 11 is 0. The van der Waals surface area contributed by atoms with Gasteiger partial charge < -0.3 is 19.7 Å². The highest BCUT2D eigenvalue weighted by molar-refractivity contribution is 7.89. The van der Waals surface area contributed by atoms with Crippen LogP contribution in [0.2, 0.25) is 0 Å². The van der Waals surface area contributed by atoms with Crippen molar-refractivity contribution < 1.29 is 32.3 Å². The van der Waals surface area contributed by atoms with Crippen molar-refractivity contribution >= 4 is 33.4 Å². The molecule has 0 atom stereocenters. The molecule has 4 rings (SSSR count). The number of fused-ring (bicyclic) bond motifs is 1. The first-order valence-corrected chi connectivity index (χ1v) is 12.5. The van der Waals surface area contributed by atoms with Crippen molar-refractivity contribution in [1.82, 2.24) is 14.5 Å². The Balaban J connectivity index is 1.41. The molecule has 2 saturated heterocycles. The fourth-order valence-electron chi connectivity index (χ4n) is 4.09. The summed E-state index contributed by atoms with van der Waals surface area (Å²) < 4.78 is 38.0. The van der Waals surface area contributed by atoms with E-state index in [9.17, 15) is 22.8 Å². The summed E-state index contributed by atoms with van der Waals surface area (Å²) in [4.78, 5) is 39.7. The zero-order valence-corrected chi connectivity index (χ0v) is 19.1. The van der Waals surface area contributed by atoms with Gasteiger partial charge >= 0.3 is 0 Å². The van der Waals surface area contributed by atoms with Gasteiger partial charge in [0, 0.05) is 39.1 Å². The number of ether oxygens (including phenoxy) is 2. The molecule has 0 radical (unpaired) electrons. The molecule has 1 aromatic rings. The summed E-state index contributed by atoms with van der Waals surface area (Å²) in [6.07, 6.45) is 2.06. The third kappa shape index (κ3) is 5.28. The third-order valence-electron chi connectivity index (χ3n) is 5.88. The van der Waals surface area contributed by atoms with Gasteiger partial charge in [-0.15, -0.1) is 0 Å². The van der Waals surface area contributed by atoms with E-state index >= 15 is 0 Å². The highest BCUT2D eigenvalue weighted by Gasteiger charge is 2.32. The topological polar surface area (TPSA) is 126 Å². The molecular formula is C21H28N4O7S. The second-order valence-electron chi connectivity index (χ2n) is 8.10. The number of nitrogens with one attached hydrogen (secondary N) is 1. The second-order valence-corrected chi connectivity index (χ2v) is 10.0. The Bertz CT molecular complexity index is 1020. The third-order valence-corrected chi connectivity index (χ3v) is 7.78. The fourth-order valence-corrected chi connectivity index (χ4v) is 5.52. The van der Waals surface area contributed by atoms with E-state index in [-0.39, 0.29) is 48.6 Å². The van der Waals surface area contributed by atoms with Crippen molar-refractivity contribution in [2.75, 3.05) is 64.0 Å². The SMILES string of the molecule is O=C(CN1C(=O)COc2ccc(S(=O)(=O)N3CCOCC3)cc21)NCCCN1CCCC1=O. The van der Waals surface area contributed by atoms with Gasteiger partial charge in [0.05, 0.1) is 23.8 Å². The van der Waals surface area contributed by atoms with E-state index in [0.717, 1.165) is 13.0 Å². The number of carbonyl (C=O) groups is 3. The van der Waals surface area contributed by atoms with E-state index in [1.807, 2.05) is 0 Å². The van der Waals surface area contributed by atoms with Crippen LogP contribution in [0, 0.1) is 0 Å². The van der Waals surface area contributed by atoms with Gasteiger partial charge in [0.25, 0.3) is 5.91 Å². The molecule has 0 aromatic heterocycles. The Morgan fingerprint density at radius 2 is 1.88 bits per heavy atom. The van der Waals surface area contributed by atoms with Crippen LogP contribution < -0.4 is 15.0 Å². The molecular weight excluding hydrogens is 452 g/mol. The predicted octanol–water partition coefficient (Wildman–Crippen LogP) is -0.438. The van der Waals surface area contributed by atoms with Gasteiger partial charge in [-0.25, -0.2) is 8.42 Å². The summed E-state index contributed by atoms with van der Waals surface area (Å²) in [5, 5.41) is 2.76. The second kappa shape index (κ2) is 10.1. The largest absolute Gasteiger partial charge is 0.482 e. The molecule has 3 amide bonds. The number of hydrogen-bond acceptors (Lipinski definition) is 7. The van der Waals surface area contributed by atoms with Crippen molar-refractivity contribution in [2.24, 2.45) is 0 Å². The average molecular weight is 481 g/mol. The Morgan fingerprint density at radius 1 is 1.09 bits per heavy atom. The number of sulfonamides is 1. The molecule has 0 aliphatic carbocycles. The minimum absolute atomic E-state index is 0.0298. The average Bonchev–Trinajstić information content (AvgIpc) is 3.23. The van der Waals surface area contributed by atoms with E-state index < -0.39 is 15.9 Å².